The Balaban J connectivity index is 2.48. The minimum atomic E-state index is -1.71. The molecule has 0 fully saturated rings. The Morgan fingerprint density at radius 3 is 2.41 bits per heavy atom. The van der Waals surface area contributed by atoms with Crippen LogP contribution in [0, 0.1) is 0 Å². The minimum Gasteiger partial charge on any atom is -0.481 e. The summed E-state index contributed by atoms with van der Waals surface area (Å²) in [5.74, 6) is -4.41. The molecule has 0 saturated carbocycles. The molecule has 0 bridgehead atoms. The number of aryl methyl sites for hydroxylation is 1. The van der Waals surface area contributed by atoms with Crippen molar-refractivity contribution >= 4 is 23.8 Å². The molecule has 1 heterocycles. The van der Waals surface area contributed by atoms with Crippen LogP contribution in [-0.2, 0) is 16.0 Å². The number of hydrogen-bond donors (Lipinski definition) is 2. The van der Waals surface area contributed by atoms with E-state index in [0.29, 0.717) is 16.9 Å². The first-order chi connectivity index (χ1) is 10.4. The van der Waals surface area contributed by atoms with Gasteiger partial charge in [-0.3, -0.25) is 19.3 Å². The summed E-state index contributed by atoms with van der Waals surface area (Å²) in [7, 11) is 0. The molecule has 0 aliphatic carbocycles. The molecule has 0 radical (unpaired) electrons. The highest BCUT2D eigenvalue weighted by Gasteiger charge is 2.44. The van der Waals surface area contributed by atoms with Crippen LogP contribution in [0.1, 0.15) is 46.0 Å². The SMILES string of the molecule is CCCc1cccc2c1C(=O)N(C(CC(=O)O)C(=O)O)C2=O. The molecule has 2 amide bonds. The van der Waals surface area contributed by atoms with Crippen molar-refractivity contribution in [3.63, 3.8) is 0 Å². The van der Waals surface area contributed by atoms with Gasteiger partial charge in [0.05, 0.1) is 17.5 Å². The van der Waals surface area contributed by atoms with Crippen LogP contribution >= 0.6 is 0 Å². The zero-order chi connectivity index (χ0) is 16.4. The van der Waals surface area contributed by atoms with Gasteiger partial charge in [-0.2, -0.15) is 0 Å². The maximum absolute atomic E-state index is 12.5. The highest BCUT2D eigenvalue weighted by molar-refractivity contribution is 6.23. The average molecular weight is 305 g/mol. The maximum Gasteiger partial charge on any atom is 0.327 e. The molecular formula is C15H15NO6. The fourth-order valence-electron chi connectivity index (χ4n) is 2.59. The number of imide groups is 1. The van der Waals surface area contributed by atoms with Gasteiger partial charge in [0.15, 0.2) is 0 Å². The fraction of sp³-hybridized carbons (Fsp3) is 0.333. The van der Waals surface area contributed by atoms with Crippen molar-refractivity contribution in [1.29, 1.82) is 0 Å². The zero-order valence-electron chi connectivity index (χ0n) is 11.9. The lowest BCUT2D eigenvalue weighted by Gasteiger charge is -2.20. The van der Waals surface area contributed by atoms with Crippen molar-refractivity contribution in [3.8, 4) is 0 Å². The summed E-state index contributed by atoms with van der Waals surface area (Å²) in [5, 5.41) is 18.0. The smallest absolute Gasteiger partial charge is 0.327 e. The van der Waals surface area contributed by atoms with Gasteiger partial charge in [0.25, 0.3) is 11.8 Å². The first-order valence-corrected chi connectivity index (χ1v) is 6.82. The molecule has 116 valence electrons. The molecule has 22 heavy (non-hydrogen) atoms. The Hall–Kier alpha value is -2.70. The number of carbonyl (C=O) groups is 4. The molecular weight excluding hydrogens is 290 g/mol. The van der Waals surface area contributed by atoms with Gasteiger partial charge >= 0.3 is 11.9 Å². The maximum atomic E-state index is 12.5. The first-order valence-electron chi connectivity index (χ1n) is 6.82. The molecule has 1 unspecified atom stereocenters. The molecule has 1 aliphatic heterocycles. The molecule has 1 aliphatic rings. The molecule has 7 heteroatoms. The molecule has 1 atom stereocenters. The number of carboxylic acids is 2. The van der Waals surface area contributed by atoms with Crippen LogP contribution in [0.25, 0.3) is 0 Å². The third kappa shape index (κ3) is 2.57. The van der Waals surface area contributed by atoms with E-state index < -0.39 is 36.2 Å². The highest BCUT2D eigenvalue weighted by atomic mass is 16.4. The number of fused-ring (bicyclic) bond motifs is 1. The van der Waals surface area contributed by atoms with Gasteiger partial charge in [-0.05, 0) is 18.1 Å². The van der Waals surface area contributed by atoms with Crippen molar-refractivity contribution in [3.05, 3.63) is 34.9 Å². The van der Waals surface area contributed by atoms with E-state index in [0.717, 1.165) is 6.42 Å². The predicted octanol–water partition coefficient (Wildman–Crippen LogP) is 1.16. The van der Waals surface area contributed by atoms with Crippen LogP contribution in [-0.4, -0.2) is 44.9 Å². The van der Waals surface area contributed by atoms with E-state index in [1.807, 2.05) is 6.92 Å². The Morgan fingerprint density at radius 2 is 1.86 bits per heavy atom. The van der Waals surface area contributed by atoms with Gasteiger partial charge in [0, 0.05) is 0 Å². The number of nitrogens with zero attached hydrogens (tertiary/aromatic N) is 1. The average Bonchev–Trinajstić information content (AvgIpc) is 2.69. The van der Waals surface area contributed by atoms with Crippen LogP contribution in [0.2, 0.25) is 0 Å². The molecule has 1 aromatic carbocycles. The fourth-order valence-corrected chi connectivity index (χ4v) is 2.59. The monoisotopic (exact) mass is 305 g/mol. The summed E-state index contributed by atoms with van der Waals surface area (Å²) in [6.45, 7) is 1.92. The Bertz CT molecular complexity index is 666. The van der Waals surface area contributed by atoms with Crippen LogP contribution in [0.3, 0.4) is 0 Å². The summed E-state index contributed by atoms with van der Waals surface area (Å²) in [6.07, 6.45) is 0.506. The minimum absolute atomic E-state index is 0.132. The Kier molecular flexibility index (Phi) is 4.25. The topological polar surface area (TPSA) is 112 Å². The Labute approximate surface area is 126 Å². The number of benzene rings is 1. The van der Waals surface area contributed by atoms with E-state index in [4.69, 9.17) is 10.2 Å². The van der Waals surface area contributed by atoms with Crippen molar-refractivity contribution in [1.82, 2.24) is 4.90 Å². The van der Waals surface area contributed by atoms with Gasteiger partial charge in [-0.25, -0.2) is 4.79 Å². The van der Waals surface area contributed by atoms with Crippen molar-refractivity contribution in [2.75, 3.05) is 0 Å². The summed E-state index contributed by atoms with van der Waals surface area (Å²) >= 11 is 0. The van der Waals surface area contributed by atoms with E-state index in [1.165, 1.54) is 6.07 Å². The summed E-state index contributed by atoms with van der Waals surface area (Å²) < 4.78 is 0. The lowest BCUT2D eigenvalue weighted by molar-refractivity contribution is -0.147. The lowest BCUT2D eigenvalue weighted by Crippen LogP contribution is -2.46. The van der Waals surface area contributed by atoms with E-state index >= 15 is 0 Å². The molecule has 2 rings (SSSR count). The number of carboxylic acid groups (broad SMARTS) is 2. The summed E-state index contributed by atoms with van der Waals surface area (Å²) in [4.78, 5) is 47.4. The molecule has 0 saturated heterocycles. The van der Waals surface area contributed by atoms with Crippen LogP contribution < -0.4 is 0 Å². The van der Waals surface area contributed by atoms with Crippen molar-refractivity contribution in [2.24, 2.45) is 0 Å². The number of carbonyl (C=O) groups excluding carboxylic acids is 2. The van der Waals surface area contributed by atoms with Crippen LogP contribution in [0.15, 0.2) is 18.2 Å². The standard InChI is InChI=1S/C15H15NO6/c1-2-4-8-5-3-6-9-12(8)14(20)16(13(9)19)10(15(21)22)7-11(17)18/h3,5-6,10H,2,4,7H2,1H3,(H,17,18)(H,21,22). The quantitative estimate of drug-likeness (QED) is 0.763. The number of rotatable bonds is 6. The van der Waals surface area contributed by atoms with E-state index in [9.17, 15) is 19.2 Å². The van der Waals surface area contributed by atoms with Crippen LogP contribution in [0.5, 0.6) is 0 Å². The molecule has 0 spiro atoms. The van der Waals surface area contributed by atoms with Crippen LogP contribution in [0.4, 0.5) is 0 Å². The summed E-state index contributed by atoms with van der Waals surface area (Å²) in [6, 6.07) is 3.09. The molecule has 0 aromatic heterocycles. The van der Waals surface area contributed by atoms with E-state index in [2.05, 4.69) is 0 Å². The van der Waals surface area contributed by atoms with E-state index in [1.54, 1.807) is 12.1 Å². The zero-order valence-corrected chi connectivity index (χ0v) is 11.9. The normalized spacial score (nSPS) is 14.9. The third-order valence-corrected chi connectivity index (χ3v) is 3.52. The lowest BCUT2D eigenvalue weighted by atomic mass is 9.99. The van der Waals surface area contributed by atoms with Crippen molar-refractivity contribution in [2.45, 2.75) is 32.2 Å². The summed E-state index contributed by atoms with van der Waals surface area (Å²) in [5.41, 5.74) is 0.985. The van der Waals surface area contributed by atoms with Gasteiger partial charge in [0.1, 0.15) is 6.04 Å². The van der Waals surface area contributed by atoms with Gasteiger partial charge in [0.2, 0.25) is 0 Å². The largest absolute Gasteiger partial charge is 0.481 e. The predicted molar refractivity (Wildman–Crippen MR) is 74.6 cm³/mol. The van der Waals surface area contributed by atoms with Gasteiger partial charge in [-0.15, -0.1) is 0 Å². The first kappa shape index (κ1) is 15.7. The number of aliphatic carboxylic acids is 2. The molecule has 2 N–H and O–H groups in total. The van der Waals surface area contributed by atoms with E-state index in [-0.39, 0.29) is 11.1 Å². The third-order valence-electron chi connectivity index (χ3n) is 3.52. The second-order valence-electron chi connectivity index (χ2n) is 5.02. The van der Waals surface area contributed by atoms with Gasteiger partial charge in [-0.1, -0.05) is 25.5 Å². The second-order valence-corrected chi connectivity index (χ2v) is 5.02. The second kappa shape index (κ2) is 5.97. The molecule has 1 aromatic rings. The molecule has 7 nitrogen and oxygen atoms in total. The highest BCUT2D eigenvalue weighted by Crippen LogP contribution is 2.29. The van der Waals surface area contributed by atoms with Crippen molar-refractivity contribution < 1.29 is 29.4 Å². The number of hydrogen-bond acceptors (Lipinski definition) is 4. The number of amides is 2. The van der Waals surface area contributed by atoms with Gasteiger partial charge < -0.3 is 10.2 Å². The Morgan fingerprint density at radius 1 is 1.18 bits per heavy atom.